The Morgan fingerprint density at radius 2 is 1.64 bits per heavy atom. The lowest BCUT2D eigenvalue weighted by molar-refractivity contribution is -0.124. The van der Waals surface area contributed by atoms with Crippen LogP contribution in [0, 0.1) is 0 Å². The minimum absolute atomic E-state index is 0.277. The maximum Gasteiger partial charge on any atom is 0.338 e. The van der Waals surface area contributed by atoms with E-state index >= 15 is 0 Å². The minimum Gasteiger partial charge on any atom is -0.452 e. The lowest BCUT2D eigenvalue weighted by Crippen LogP contribution is -2.28. The molecule has 114 valence electrons. The van der Waals surface area contributed by atoms with Gasteiger partial charge in [-0.1, -0.05) is 49.4 Å². The molecule has 0 spiro atoms. The highest BCUT2D eigenvalue weighted by molar-refractivity contribution is 5.91. The molecular weight excluding hydrogens is 278 g/mol. The summed E-state index contributed by atoms with van der Waals surface area (Å²) >= 11 is 0. The molecule has 1 N–H and O–H groups in total. The number of rotatable bonds is 6. The van der Waals surface area contributed by atoms with E-state index in [0.29, 0.717) is 12.1 Å². The number of carbonyl (C=O) groups is 2. The lowest BCUT2D eigenvalue weighted by Gasteiger charge is -2.07. The SMILES string of the molecule is CCc1ccc(C(=O)OCC(=O)NCc2ccccc2)cc1. The third-order valence-electron chi connectivity index (χ3n) is 3.26. The molecule has 2 aromatic rings. The molecule has 2 aromatic carbocycles. The molecule has 0 atom stereocenters. The average Bonchev–Trinajstić information content (AvgIpc) is 2.58. The standard InChI is InChI=1S/C18H19NO3/c1-2-14-8-10-16(11-9-14)18(21)22-13-17(20)19-12-15-6-4-3-5-7-15/h3-11H,2,12-13H2,1H3,(H,19,20). The van der Waals surface area contributed by atoms with Crippen molar-refractivity contribution in [1.82, 2.24) is 5.32 Å². The zero-order valence-corrected chi connectivity index (χ0v) is 12.5. The first-order valence-corrected chi connectivity index (χ1v) is 7.25. The number of ether oxygens (including phenoxy) is 1. The topological polar surface area (TPSA) is 55.4 Å². The highest BCUT2D eigenvalue weighted by atomic mass is 16.5. The van der Waals surface area contributed by atoms with Crippen molar-refractivity contribution in [3.63, 3.8) is 0 Å². The predicted molar refractivity (Wildman–Crippen MR) is 84.4 cm³/mol. The Labute approximate surface area is 130 Å². The molecule has 22 heavy (non-hydrogen) atoms. The van der Waals surface area contributed by atoms with E-state index in [1.807, 2.05) is 49.4 Å². The van der Waals surface area contributed by atoms with Crippen molar-refractivity contribution in [3.8, 4) is 0 Å². The third kappa shape index (κ3) is 4.74. The summed E-state index contributed by atoms with van der Waals surface area (Å²) in [4.78, 5) is 23.5. The van der Waals surface area contributed by atoms with Crippen LogP contribution >= 0.6 is 0 Å². The number of carbonyl (C=O) groups excluding carboxylic acids is 2. The van der Waals surface area contributed by atoms with Crippen molar-refractivity contribution < 1.29 is 14.3 Å². The zero-order valence-electron chi connectivity index (χ0n) is 12.5. The van der Waals surface area contributed by atoms with Gasteiger partial charge < -0.3 is 10.1 Å². The molecule has 4 nitrogen and oxygen atoms in total. The van der Waals surface area contributed by atoms with Gasteiger partial charge in [0, 0.05) is 6.54 Å². The van der Waals surface area contributed by atoms with Gasteiger partial charge in [0.25, 0.3) is 5.91 Å². The van der Waals surface area contributed by atoms with E-state index in [1.54, 1.807) is 12.1 Å². The summed E-state index contributed by atoms with van der Waals surface area (Å²) in [7, 11) is 0. The Morgan fingerprint density at radius 1 is 0.955 bits per heavy atom. The molecule has 0 saturated heterocycles. The fourth-order valence-corrected chi connectivity index (χ4v) is 1.94. The molecule has 2 rings (SSSR count). The van der Waals surface area contributed by atoms with Crippen LogP contribution < -0.4 is 5.32 Å². The Morgan fingerprint density at radius 3 is 2.27 bits per heavy atom. The van der Waals surface area contributed by atoms with Crippen LogP contribution in [-0.4, -0.2) is 18.5 Å². The number of esters is 1. The maximum absolute atomic E-state index is 11.8. The van der Waals surface area contributed by atoms with Crippen LogP contribution in [0.15, 0.2) is 54.6 Å². The molecule has 0 radical (unpaired) electrons. The molecule has 4 heteroatoms. The van der Waals surface area contributed by atoms with E-state index in [-0.39, 0.29) is 12.5 Å². The fraction of sp³-hybridized carbons (Fsp3) is 0.222. The minimum atomic E-state index is -0.488. The van der Waals surface area contributed by atoms with E-state index in [2.05, 4.69) is 5.32 Å². The van der Waals surface area contributed by atoms with Gasteiger partial charge in [-0.2, -0.15) is 0 Å². The number of aryl methyl sites for hydroxylation is 1. The normalized spacial score (nSPS) is 10.0. The summed E-state index contributed by atoms with van der Waals surface area (Å²) in [5.41, 5.74) is 2.60. The molecule has 0 aliphatic carbocycles. The maximum atomic E-state index is 11.8. The molecule has 0 bridgehead atoms. The number of amides is 1. The summed E-state index contributed by atoms with van der Waals surface area (Å²) in [5, 5.41) is 2.71. The summed E-state index contributed by atoms with van der Waals surface area (Å²) in [5.74, 6) is -0.806. The fourth-order valence-electron chi connectivity index (χ4n) is 1.94. The Kier molecular flexibility index (Phi) is 5.72. The molecule has 0 saturated carbocycles. The van der Waals surface area contributed by atoms with Crippen LogP contribution in [0.5, 0.6) is 0 Å². The van der Waals surface area contributed by atoms with Crippen molar-refractivity contribution >= 4 is 11.9 Å². The molecule has 0 aromatic heterocycles. The van der Waals surface area contributed by atoms with E-state index in [1.165, 1.54) is 0 Å². The third-order valence-corrected chi connectivity index (χ3v) is 3.26. The molecule has 0 aliphatic rings. The Hall–Kier alpha value is -2.62. The quantitative estimate of drug-likeness (QED) is 0.834. The van der Waals surface area contributed by atoms with Gasteiger partial charge in [0.2, 0.25) is 0 Å². The number of hydrogen-bond donors (Lipinski definition) is 1. The van der Waals surface area contributed by atoms with E-state index in [4.69, 9.17) is 4.74 Å². The van der Waals surface area contributed by atoms with Gasteiger partial charge in [0.15, 0.2) is 6.61 Å². The van der Waals surface area contributed by atoms with Crippen LogP contribution in [0.1, 0.15) is 28.4 Å². The molecule has 0 aliphatic heterocycles. The van der Waals surface area contributed by atoms with Gasteiger partial charge in [0.1, 0.15) is 0 Å². The van der Waals surface area contributed by atoms with Crippen molar-refractivity contribution in [2.45, 2.75) is 19.9 Å². The van der Waals surface area contributed by atoms with Crippen molar-refractivity contribution in [1.29, 1.82) is 0 Å². The average molecular weight is 297 g/mol. The van der Waals surface area contributed by atoms with Gasteiger partial charge in [-0.25, -0.2) is 4.79 Å². The molecular formula is C18H19NO3. The first-order chi connectivity index (χ1) is 10.7. The summed E-state index contributed by atoms with van der Waals surface area (Å²) in [6.07, 6.45) is 0.914. The predicted octanol–water partition coefficient (Wildman–Crippen LogP) is 2.72. The van der Waals surface area contributed by atoms with Crippen LogP contribution in [0.4, 0.5) is 0 Å². The van der Waals surface area contributed by atoms with Crippen LogP contribution in [0.25, 0.3) is 0 Å². The van der Waals surface area contributed by atoms with Gasteiger partial charge in [-0.05, 0) is 29.7 Å². The second-order valence-corrected chi connectivity index (χ2v) is 4.89. The smallest absolute Gasteiger partial charge is 0.338 e. The van der Waals surface area contributed by atoms with E-state index < -0.39 is 5.97 Å². The first kappa shape index (κ1) is 15.8. The second kappa shape index (κ2) is 7.98. The molecule has 0 fully saturated rings. The number of benzene rings is 2. The highest BCUT2D eigenvalue weighted by Crippen LogP contribution is 2.06. The van der Waals surface area contributed by atoms with Crippen molar-refractivity contribution in [2.75, 3.05) is 6.61 Å². The monoisotopic (exact) mass is 297 g/mol. The summed E-state index contributed by atoms with van der Waals surface area (Å²) < 4.78 is 5.00. The zero-order chi connectivity index (χ0) is 15.8. The summed E-state index contributed by atoms with van der Waals surface area (Å²) in [6, 6.07) is 16.7. The van der Waals surface area contributed by atoms with E-state index in [0.717, 1.165) is 17.5 Å². The Bertz CT molecular complexity index is 621. The number of nitrogens with one attached hydrogen (secondary N) is 1. The van der Waals surface area contributed by atoms with E-state index in [9.17, 15) is 9.59 Å². The van der Waals surface area contributed by atoms with Crippen molar-refractivity contribution in [3.05, 3.63) is 71.3 Å². The molecule has 0 unspecified atom stereocenters. The van der Waals surface area contributed by atoms with Crippen LogP contribution in [0.3, 0.4) is 0 Å². The van der Waals surface area contributed by atoms with Crippen LogP contribution in [0.2, 0.25) is 0 Å². The first-order valence-electron chi connectivity index (χ1n) is 7.25. The van der Waals surface area contributed by atoms with Gasteiger partial charge in [-0.3, -0.25) is 4.79 Å². The second-order valence-electron chi connectivity index (χ2n) is 4.89. The Balaban J connectivity index is 1.76. The highest BCUT2D eigenvalue weighted by Gasteiger charge is 2.09. The summed E-state index contributed by atoms with van der Waals surface area (Å²) in [6.45, 7) is 2.19. The van der Waals surface area contributed by atoms with Gasteiger partial charge in [0.05, 0.1) is 5.56 Å². The number of hydrogen-bond acceptors (Lipinski definition) is 3. The largest absolute Gasteiger partial charge is 0.452 e. The molecule has 0 heterocycles. The molecule has 1 amide bonds. The van der Waals surface area contributed by atoms with Gasteiger partial charge in [-0.15, -0.1) is 0 Å². The van der Waals surface area contributed by atoms with Crippen LogP contribution in [-0.2, 0) is 22.5 Å². The van der Waals surface area contributed by atoms with Gasteiger partial charge >= 0.3 is 5.97 Å². The van der Waals surface area contributed by atoms with Crippen molar-refractivity contribution in [2.24, 2.45) is 0 Å². The lowest BCUT2D eigenvalue weighted by atomic mass is 10.1.